The van der Waals surface area contributed by atoms with Gasteiger partial charge < -0.3 is 4.74 Å². The van der Waals surface area contributed by atoms with Crippen molar-refractivity contribution in [2.45, 2.75) is 13.8 Å². The molecule has 16 heavy (non-hydrogen) atoms. The van der Waals surface area contributed by atoms with Crippen LogP contribution in [-0.4, -0.2) is 12.6 Å². The van der Waals surface area contributed by atoms with Crippen LogP contribution in [0.5, 0.6) is 0 Å². The third-order valence-corrected chi connectivity index (χ3v) is 3.46. The highest BCUT2D eigenvalue weighted by atomic mass is 127. The summed E-state index contributed by atoms with van der Waals surface area (Å²) in [4.78, 5) is 11.6. The van der Waals surface area contributed by atoms with Gasteiger partial charge in [-0.1, -0.05) is 12.1 Å². The summed E-state index contributed by atoms with van der Waals surface area (Å²) in [5, 5.41) is 0. The van der Waals surface area contributed by atoms with Crippen LogP contribution in [-0.2, 0) is 9.53 Å². The Morgan fingerprint density at radius 3 is 2.56 bits per heavy atom. The fourth-order valence-electron chi connectivity index (χ4n) is 1.87. The molecule has 1 unspecified atom stereocenters. The molecule has 0 bridgehead atoms. The molecule has 1 aromatic carbocycles. The molecule has 0 radical (unpaired) electrons. The monoisotopic (exact) mass is 328 g/mol. The van der Waals surface area contributed by atoms with Crippen LogP contribution in [0, 0.1) is 9.49 Å². The molecule has 1 aliphatic carbocycles. The van der Waals surface area contributed by atoms with Crippen LogP contribution in [0.4, 0.5) is 0 Å². The van der Waals surface area contributed by atoms with E-state index in [-0.39, 0.29) is 11.9 Å². The topological polar surface area (TPSA) is 26.3 Å². The van der Waals surface area contributed by atoms with E-state index < -0.39 is 0 Å². The first-order chi connectivity index (χ1) is 7.65. The van der Waals surface area contributed by atoms with E-state index in [1.807, 2.05) is 13.8 Å². The molecule has 0 fully saturated rings. The van der Waals surface area contributed by atoms with E-state index in [4.69, 9.17) is 4.74 Å². The van der Waals surface area contributed by atoms with E-state index in [9.17, 15) is 4.79 Å². The van der Waals surface area contributed by atoms with E-state index in [2.05, 4.69) is 46.9 Å². The summed E-state index contributed by atoms with van der Waals surface area (Å²) in [5.74, 6) is -0.214. The highest BCUT2D eigenvalue weighted by Gasteiger charge is 2.40. The second-order valence-electron chi connectivity index (χ2n) is 3.79. The Morgan fingerprint density at radius 1 is 1.38 bits per heavy atom. The lowest BCUT2D eigenvalue weighted by Crippen LogP contribution is -2.08. The fourth-order valence-corrected chi connectivity index (χ4v) is 2.23. The predicted octanol–water partition coefficient (Wildman–Crippen LogP) is 3.26. The van der Waals surface area contributed by atoms with Gasteiger partial charge in [0.25, 0.3) is 0 Å². The first-order valence-corrected chi connectivity index (χ1v) is 6.36. The standard InChI is InChI=1S/C13H13IO2/c1-3-16-13(15)12-8(2)11(12)9-4-6-10(14)7-5-9/h4-7,12H,3H2,1-2H3. The molecule has 0 spiro atoms. The van der Waals surface area contributed by atoms with Crippen molar-refractivity contribution in [2.75, 3.05) is 6.61 Å². The minimum Gasteiger partial charge on any atom is -0.465 e. The molecule has 1 atom stereocenters. The van der Waals surface area contributed by atoms with Crippen molar-refractivity contribution in [3.8, 4) is 0 Å². The van der Waals surface area contributed by atoms with Gasteiger partial charge in [0.15, 0.2) is 0 Å². The molecule has 0 N–H and O–H groups in total. The zero-order valence-corrected chi connectivity index (χ0v) is 11.4. The number of carbonyl (C=O) groups is 1. The number of esters is 1. The van der Waals surface area contributed by atoms with Gasteiger partial charge in [0, 0.05) is 3.57 Å². The van der Waals surface area contributed by atoms with Crippen LogP contribution in [0.25, 0.3) is 5.57 Å². The molecule has 0 heterocycles. The molecule has 0 amide bonds. The quantitative estimate of drug-likeness (QED) is 0.629. The molecule has 3 heteroatoms. The van der Waals surface area contributed by atoms with Gasteiger partial charge in [-0.15, -0.1) is 0 Å². The lowest BCUT2D eigenvalue weighted by molar-refractivity contribution is -0.143. The van der Waals surface area contributed by atoms with Crippen molar-refractivity contribution >= 4 is 34.1 Å². The molecule has 0 saturated heterocycles. The Balaban J connectivity index is 2.13. The van der Waals surface area contributed by atoms with Gasteiger partial charge in [0.2, 0.25) is 0 Å². The van der Waals surface area contributed by atoms with Crippen molar-refractivity contribution in [3.05, 3.63) is 39.0 Å². The average molecular weight is 328 g/mol. The van der Waals surface area contributed by atoms with Gasteiger partial charge in [0.05, 0.1) is 6.61 Å². The highest BCUT2D eigenvalue weighted by molar-refractivity contribution is 14.1. The maximum Gasteiger partial charge on any atom is 0.317 e. The van der Waals surface area contributed by atoms with Gasteiger partial charge in [-0.2, -0.15) is 0 Å². The fraction of sp³-hybridized carbons (Fsp3) is 0.308. The van der Waals surface area contributed by atoms with Crippen LogP contribution in [0.3, 0.4) is 0 Å². The van der Waals surface area contributed by atoms with Crippen LogP contribution >= 0.6 is 22.6 Å². The summed E-state index contributed by atoms with van der Waals surface area (Å²) in [6.45, 7) is 4.28. The lowest BCUT2D eigenvalue weighted by Gasteiger charge is -2.01. The zero-order chi connectivity index (χ0) is 11.7. The lowest BCUT2D eigenvalue weighted by atomic mass is 10.1. The van der Waals surface area contributed by atoms with Gasteiger partial charge >= 0.3 is 5.97 Å². The van der Waals surface area contributed by atoms with E-state index in [0.29, 0.717) is 6.61 Å². The molecule has 2 nitrogen and oxygen atoms in total. The van der Waals surface area contributed by atoms with Crippen molar-refractivity contribution < 1.29 is 9.53 Å². The number of carbonyl (C=O) groups excluding carboxylic acids is 1. The molecule has 0 saturated carbocycles. The SMILES string of the molecule is CCOC(=O)C1C(C)=C1c1ccc(I)cc1. The molecule has 0 aliphatic heterocycles. The Bertz CT molecular complexity index is 446. The van der Waals surface area contributed by atoms with Gasteiger partial charge in [-0.25, -0.2) is 0 Å². The summed E-state index contributed by atoms with van der Waals surface area (Å²) < 4.78 is 6.23. The smallest absolute Gasteiger partial charge is 0.317 e. The Kier molecular flexibility index (Phi) is 3.33. The largest absolute Gasteiger partial charge is 0.465 e. The molecular formula is C13H13IO2. The first-order valence-electron chi connectivity index (χ1n) is 5.28. The predicted molar refractivity (Wildman–Crippen MR) is 71.9 cm³/mol. The number of ether oxygens (including phenoxy) is 1. The van der Waals surface area contributed by atoms with Crippen molar-refractivity contribution in [1.82, 2.24) is 0 Å². The van der Waals surface area contributed by atoms with Crippen molar-refractivity contribution in [1.29, 1.82) is 0 Å². The second kappa shape index (κ2) is 4.57. The van der Waals surface area contributed by atoms with Gasteiger partial charge in [-0.05, 0) is 65.3 Å². The Hall–Kier alpha value is -0.840. The first kappa shape index (κ1) is 11.6. The number of benzene rings is 1. The number of halogens is 1. The van der Waals surface area contributed by atoms with Crippen LogP contribution in [0.15, 0.2) is 29.8 Å². The van der Waals surface area contributed by atoms with E-state index >= 15 is 0 Å². The molecule has 2 rings (SSSR count). The number of hydrogen-bond donors (Lipinski definition) is 0. The summed E-state index contributed by atoms with van der Waals surface area (Å²) in [6, 6.07) is 8.22. The second-order valence-corrected chi connectivity index (χ2v) is 5.03. The zero-order valence-electron chi connectivity index (χ0n) is 9.29. The van der Waals surface area contributed by atoms with E-state index in [0.717, 1.165) is 16.7 Å². The maximum absolute atomic E-state index is 11.6. The van der Waals surface area contributed by atoms with E-state index in [1.54, 1.807) is 0 Å². The minimum absolute atomic E-state index is 0.0972. The molecular weight excluding hydrogens is 315 g/mol. The van der Waals surface area contributed by atoms with Crippen LogP contribution in [0.2, 0.25) is 0 Å². The minimum atomic E-state index is -0.117. The third-order valence-electron chi connectivity index (χ3n) is 2.74. The summed E-state index contributed by atoms with van der Waals surface area (Å²) in [6.07, 6.45) is 0. The van der Waals surface area contributed by atoms with E-state index in [1.165, 1.54) is 3.57 Å². The molecule has 1 aliphatic rings. The Morgan fingerprint density at radius 2 is 2.00 bits per heavy atom. The molecule has 84 valence electrons. The number of rotatable bonds is 3. The summed E-state index contributed by atoms with van der Waals surface area (Å²) in [5.41, 5.74) is 3.41. The van der Waals surface area contributed by atoms with Crippen LogP contribution < -0.4 is 0 Å². The average Bonchev–Trinajstić information content (AvgIpc) is 2.92. The van der Waals surface area contributed by atoms with Gasteiger partial charge in [-0.3, -0.25) is 4.79 Å². The van der Waals surface area contributed by atoms with Crippen molar-refractivity contribution in [2.24, 2.45) is 5.92 Å². The summed E-state index contributed by atoms with van der Waals surface area (Å²) in [7, 11) is 0. The maximum atomic E-state index is 11.6. The highest BCUT2D eigenvalue weighted by Crippen LogP contribution is 2.47. The molecule has 0 aromatic heterocycles. The van der Waals surface area contributed by atoms with Crippen LogP contribution in [0.1, 0.15) is 19.4 Å². The van der Waals surface area contributed by atoms with Gasteiger partial charge in [0.1, 0.15) is 5.92 Å². The Labute approximate surface area is 109 Å². The third kappa shape index (κ3) is 2.14. The normalized spacial score (nSPS) is 18.6. The molecule has 1 aromatic rings. The summed E-state index contributed by atoms with van der Waals surface area (Å²) >= 11 is 2.27. The van der Waals surface area contributed by atoms with Crippen molar-refractivity contribution in [3.63, 3.8) is 0 Å². The number of hydrogen-bond acceptors (Lipinski definition) is 2.